The van der Waals surface area contributed by atoms with Crippen molar-refractivity contribution in [1.29, 1.82) is 0 Å². The van der Waals surface area contributed by atoms with Crippen LogP contribution in [0.4, 0.5) is 9.59 Å². The van der Waals surface area contributed by atoms with Crippen molar-refractivity contribution < 1.29 is 28.4 Å². The molecule has 3 aromatic rings. The average molecular weight is 677 g/mol. The molecule has 4 amide bonds. The predicted octanol–water partition coefficient (Wildman–Crippen LogP) is 4.69. The molecule has 1 unspecified atom stereocenters. The second-order valence-corrected chi connectivity index (χ2v) is 14.4. The Morgan fingerprint density at radius 3 is 2.33 bits per heavy atom. The van der Waals surface area contributed by atoms with E-state index in [4.69, 9.17) is 30.6 Å². The average Bonchev–Trinajstić information content (AvgIpc) is 3.83. The van der Waals surface area contributed by atoms with Crippen molar-refractivity contribution in [1.82, 2.24) is 30.0 Å². The van der Waals surface area contributed by atoms with E-state index in [9.17, 15) is 14.4 Å². The number of imidazole rings is 1. The van der Waals surface area contributed by atoms with Crippen LogP contribution in [0, 0.1) is 5.92 Å². The minimum atomic E-state index is -0.870. The summed E-state index contributed by atoms with van der Waals surface area (Å²) in [4.78, 5) is 53.3. The molecule has 3 aliphatic heterocycles. The highest BCUT2D eigenvalue weighted by Crippen LogP contribution is 2.37. The van der Waals surface area contributed by atoms with Crippen molar-refractivity contribution in [2.45, 2.75) is 77.9 Å². The van der Waals surface area contributed by atoms with Crippen LogP contribution in [0.15, 0.2) is 48.7 Å². The first-order valence-corrected chi connectivity index (χ1v) is 16.5. The zero-order chi connectivity index (χ0) is 34.5. The summed E-state index contributed by atoms with van der Waals surface area (Å²) in [6.07, 6.45) is 1.09. The first-order valence-electron chi connectivity index (χ1n) is 16.1. The Balaban J connectivity index is 1.24. The summed E-state index contributed by atoms with van der Waals surface area (Å²) in [6.45, 7) is 12.9. The number of nitrogens with zero attached hydrogens (tertiary/aromatic N) is 4. The Labute approximate surface area is 286 Å². The Morgan fingerprint density at radius 2 is 1.69 bits per heavy atom. The van der Waals surface area contributed by atoms with Crippen LogP contribution < -0.4 is 10.8 Å². The Morgan fingerprint density at radius 1 is 1.02 bits per heavy atom. The van der Waals surface area contributed by atoms with Crippen molar-refractivity contribution in [3.05, 3.63) is 70.6 Å². The number of nitrogens with one attached hydrogen (secondary N) is 2. The lowest BCUT2D eigenvalue weighted by Gasteiger charge is -2.32. The van der Waals surface area contributed by atoms with Gasteiger partial charge in [0.2, 0.25) is 5.91 Å². The van der Waals surface area contributed by atoms with Crippen LogP contribution in [0.25, 0.3) is 11.3 Å². The standard InChI is InChI=1S/C34H42BClN6O6/c1-20(2)28(39-31(44)46-7)30(43)42-19-41(32(45)40-16-22-10-13-25(36)14-23(22)17-40)18-27(42)29-37-15-26(38-29)21-8-11-24(12-9-21)35-47-33(3,4)34(5,6)48-35/h8-15,20,27-28H,16-19H2,1-7H3,(H,37,38)(H,39,44)/t27-,28?/m0/s1. The van der Waals surface area contributed by atoms with Gasteiger partial charge in [-0.1, -0.05) is 55.8 Å². The van der Waals surface area contributed by atoms with E-state index >= 15 is 0 Å². The summed E-state index contributed by atoms with van der Waals surface area (Å²) >= 11 is 6.21. The number of alkyl carbamates (subject to hydrolysis) is 1. The van der Waals surface area contributed by atoms with E-state index in [1.807, 2.05) is 84.0 Å². The van der Waals surface area contributed by atoms with Crippen LogP contribution in [0.1, 0.15) is 64.5 Å². The molecule has 0 radical (unpaired) electrons. The third kappa shape index (κ3) is 6.38. The minimum Gasteiger partial charge on any atom is -0.453 e. The van der Waals surface area contributed by atoms with E-state index < -0.39 is 36.5 Å². The van der Waals surface area contributed by atoms with Gasteiger partial charge in [-0.05, 0) is 62.3 Å². The number of ether oxygens (including phenoxy) is 1. The van der Waals surface area contributed by atoms with Gasteiger partial charge >= 0.3 is 19.2 Å². The number of aromatic amines is 1. The molecule has 0 saturated carbocycles. The molecule has 2 aromatic carbocycles. The fourth-order valence-corrected chi connectivity index (χ4v) is 6.46. The van der Waals surface area contributed by atoms with Gasteiger partial charge in [0.15, 0.2) is 0 Å². The maximum absolute atomic E-state index is 14.1. The van der Waals surface area contributed by atoms with Crippen LogP contribution in [0.2, 0.25) is 5.02 Å². The van der Waals surface area contributed by atoms with Crippen LogP contribution in [-0.2, 0) is 31.9 Å². The number of aromatic nitrogens is 2. The van der Waals surface area contributed by atoms with Crippen LogP contribution in [0.3, 0.4) is 0 Å². The molecule has 0 spiro atoms. The summed E-state index contributed by atoms with van der Waals surface area (Å²) in [5.74, 6) is -0.0489. The molecule has 2 atom stereocenters. The number of H-pyrrole nitrogens is 1. The maximum Gasteiger partial charge on any atom is 0.494 e. The molecule has 2 fully saturated rings. The monoisotopic (exact) mass is 676 g/mol. The largest absolute Gasteiger partial charge is 0.494 e. The molecule has 4 heterocycles. The zero-order valence-corrected chi connectivity index (χ0v) is 29.1. The number of amides is 4. The van der Waals surface area contributed by atoms with E-state index in [1.165, 1.54) is 7.11 Å². The number of hydrogen-bond donors (Lipinski definition) is 2. The molecular weight excluding hydrogens is 635 g/mol. The lowest BCUT2D eigenvalue weighted by atomic mass is 9.79. The minimum absolute atomic E-state index is 0.0286. The van der Waals surface area contributed by atoms with Gasteiger partial charge in [-0.25, -0.2) is 14.6 Å². The highest BCUT2D eigenvalue weighted by atomic mass is 35.5. The number of urea groups is 1. The number of carbonyl (C=O) groups is 3. The molecule has 1 aromatic heterocycles. The summed E-state index contributed by atoms with van der Waals surface area (Å²) in [5, 5.41) is 3.29. The molecule has 3 aliphatic rings. The first-order chi connectivity index (χ1) is 22.7. The molecule has 6 rings (SSSR count). The molecule has 254 valence electrons. The summed E-state index contributed by atoms with van der Waals surface area (Å²) in [6, 6.07) is 11.8. The van der Waals surface area contributed by atoms with Crippen molar-refractivity contribution >= 4 is 42.2 Å². The van der Waals surface area contributed by atoms with E-state index in [1.54, 1.807) is 20.9 Å². The predicted molar refractivity (Wildman–Crippen MR) is 181 cm³/mol. The van der Waals surface area contributed by atoms with Crippen molar-refractivity contribution in [2.75, 3.05) is 20.3 Å². The quantitative estimate of drug-likeness (QED) is 0.363. The van der Waals surface area contributed by atoms with Crippen LogP contribution in [0.5, 0.6) is 0 Å². The smallest absolute Gasteiger partial charge is 0.453 e. The van der Waals surface area contributed by atoms with Crippen LogP contribution >= 0.6 is 11.6 Å². The first kappa shape index (κ1) is 33.8. The number of rotatable bonds is 6. The lowest BCUT2D eigenvalue weighted by Crippen LogP contribution is -2.52. The molecule has 0 bridgehead atoms. The third-order valence-corrected chi connectivity index (χ3v) is 10.1. The molecular formula is C34H42BClN6O6. The van der Waals surface area contributed by atoms with Crippen LogP contribution in [-0.4, -0.2) is 87.4 Å². The number of carbonyl (C=O) groups excluding carboxylic acids is 3. The van der Waals surface area contributed by atoms with Gasteiger partial charge in [-0.2, -0.15) is 0 Å². The second kappa shape index (κ2) is 12.8. The normalized spacial score (nSPS) is 20.3. The van der Waals surface area contributed by atoms with Gasteiger partial charge in [-0.15, -0.1) is 0 Å². The molecule has 0 aliphatic carbocycles. The van der Waals surface area contributed by atoms with Gasteiger partial charge < -0.3 is 39.0 Å². The summed E-state index contributed by atoms with van der Waals surface area (Å²) in [5.41, 5.74) is 3.60. The number of halogens is 1. The van der Waals surface area contributed by atoms with E-state index in [2.05, 4.69) is 10.3 Å². The SMILES string of the molecule is COC(=O)NC(C(=O)N1CN(C(=O)N2Cc3ccc(Cl)cc3C2)C[C@H]1c1nc(-c2ccc(B3OC(C)(C)C(C)(C)O3)cc2)c[nH]1)C(C)C. The molecule has 12 nitrogen and oxygen atoms in total. The molecule has 48 heavy (non-hydrogen) atoms. The number of benzene rings is 2. The fraction of sp³-hybridized carbons (Fsp3) is 0.471. The Hall–Kier alpha value is -4.07. The fourth-order valence-electron chi connectivity index (χ4n) is 6.27. The number of fused-ring (bicyclic) bond motifs is 1. The van der Waals surface area contributed by atoms with E-state index in [0.717, 1.165) is 22.2 Å². The van der Waals surface area contributed by atoms with Crippen molar-refractivity contribution in [3.63, 3.8) is 0 Å². The summed E-state index contributed by atoms with van der Waals surface area (Å²) < 4.78 is 17.2. The number of methoxy groups -OCH3 is 1. The maximum atomic E-state index is 14.1. The Kier molecular flexibility index (Phi) is 8.99. The topological polar surface area (TPSA) is 129 Å². The second-order valence-electron chi connectivity index (χ2n) is 14.0. The lowest BCUT2D eigenvalue weighted by molar-refractivity contribution is -0.135. The zero-order valence-electron chi connectivity index (χ0n) is 28.4. The third-order valence-electron chi connectivity index (χ3n) is 9.84. The van der Waals surface area contributed by atoms with Gasteiger partial charge in [0.1, 0.15) is 17.9 Å². The molecule has 14 heteroatoms. The van der Waals surface area contributed by atoms with Gasteiger partial charge in [-0.3, -0.25) is 4.79 Å². The Bertz CT molecular complexity index is 1700. The molecule has 2 N–H and O–H groups in total. The summed E-state index contributed by atoms with van der Waals surface area (Å²) in [7, 11) is 0.775. The van der Waals surface area contributed by atoms with Gasteiger partial charge in [0.05, 0.1) is 37.2 Å². The highest BCUT2D eigenvalue weighted by molar-refractivity contribution is 6.62. The molecule has 2 saturated heterocycles. The highest BCUT2D eigenvalue weighted by Gasteiger charge is 2.51. The van der Waals surface area contributed by atoms with Crippen molar-refractivity contribution in [2.24, 2.45) is 5.92 Å². The van der Waals surface area contributed by atoms with Gasteiger partial charge in [0, 0.05) is 29.9 Å². The van der Waals surface area contributed by atoms with E-state index in [0.29, 0.717) is 29.6 Å². The van der Waals surface area contributed by atoms with Gasteiger partial charge in [0.25, 0.3) is 0 Å². The van der Waals surface area contributed by atoms with Crippen molar-refractivity contribution in [3.8, 4) is 11.3 Å². The van der Waals surface area contributed by atoms with E-state index in [-0.39, 0.29) is 31.1 Å². The number of hydrogen-bond acceptors (Lipinski definition) is 7.